The Bertz CT molecular complexity index is 1480. The van der Waals surface area contributed by atoms with Gasteiger partial charge in [0, 0.05) is 24.7 Å². The molecule has 8 nitrogen and oxygen atoms in total. The third kappa shape index (κ3) is 3.51. The summed E-state index contributed by atoms with van der Waals surface area (Å²) < 4.78 is 23.0. The minimum absolute atomic E-state index is 0.0474. The normalized spacial score (nSPS) is 16.0. The molecule has 0 bridgehead atoms. The molecule has 1 amide bonds. The highest BCUT2D eigenvalue weighted by Gasteiger charge is 2.57. The van der Waals surface area contributed by atoms with Gasteiger partial charge in [-0.2, -0.15) is 5.10 Å². The number of hydrogen-bond acceptors (Lipinski definition) is 7. The zero-order valence-electron chi connectivity index (χ0n) is 18.3. The van der Waals surface area contributed by atoms with E-state index in [1.807, 2.05) is 12.1 Å². The van der Waals surface area contributed by atoms with Gasteiger partial charge in [-0.15, -0.1) is 11.3 Å². The number of carbonyl (C=O) groups excluding carboxylic acids is 1. The Morgan fingerprint density at radius 3 is 2.80 bits per heavy atom. The summed E-state index contributed by atoms with van der Waals surface area (Å²) in [7, 11) is 1.77. The number of carbonyl (C=O) groups is 1. The van der Waals surface area contributed by atoms with Crippen LogP contribution in [0.4, 0.5) is 16.2 Å². The van der Waals surface area contributed by atoms with Gasteiger partial charge in [-0.25, -0.2) is 14.4 Å². The topological polar surface area (TPSA) is 85.2 Å². The summed E-state index contributed by atoms with van der Waals surface area (Å²) in [6.45, 7) is 0.874. The highest BCUT2D eigenvalue weighted by molar-refractivity contribution is 7.16. The van der Waals surface area contributed by atoms with Crippen molar-refractivity contribution in [3.8, 4) is 10.6 Å². The molecular formula is C23H17Cl2FN6O2S. The van der Waals surface area contributed by atoms with Crippen LogP contribution < -0.4 is 5.32 Å². The van der Waals surface area contributed by atoms with Crippen molar-refractivity contribution < 1.29 is 13.9 Å². The van der Waals surface area contributed by atoms with Crippen LogP contribution in [0.25, 0.3) is 10.6 Å². The van der Waals surface area contributed by atoms with Crippen molar-refractivity contribution in [2.75, 3.05) is 18.5 Å². The first-order valence-corrected chi connectivity index (χ1v) is 12.2. The Morgan fingerprint density at radius 1 is 1.29 bits per heavy atom. The standard InChI is InChI=1S/C23H17Cl2FN6O2S/c1-31-15(5-6-28-31)29-22-27-8-14(25)18(30-22)19-17(26)16-20(35-19)23(10-34-11-23)32(21(16)33)9-12-3-2-4-13(24)7-12/h2-8H,9-11H2,1H3,(H,27,29,30). The van der Waals surface area contributed by atoms with Crippen molar-refractivity contribution in [1.29, 1.82) is 0 Å². The Morgan fingerprint density at radius 2 is 2.11 bits per heavy atom. The summed E-state index contributed by atoms with van der Waals surface area (Å²) in [5.41, 5.74) is 0.393. The smallest absolute Gasteiger partial charge is 0.259 e. The average Bonchev–Trinajstić information content (AvgIpc) is 3.43. The number of aromatic nitrogens is 4. The van der Waals surface area contributed by atoms with Crippen LogP contribution in [0.5, 0.6) is 0 Å². The SMILES string of the molecule is Cn1nccc1Nc1ncc(Cl)c(-c2sc3c(c2F)C(=O)N(Cc2cccc(Cl)c2)C32COC2)n1. The number of nitrogens with one attached hydrogen (secondary N) is 1. The zero-order chi connectivity index (χ0) is 24.3. The third-order valence-electron chi connectivity index (χ3n) is 6.18. The van der Waals surface area contributed by atoms with Crippen molar-refractivity contribution >= 4 is 52.2 Å². The van der Waals surface area contributed by atoms with Crippen molar-refractivity contribution in [3.63, 3.8) is 0 Å². The van der Waals surface area contributed by atoms with Crippen LogP contribution in [0.3, 0.4) is 0 Å². The summed E-state index contributed by atoms with van der Waals surface area (Å²) in [5, 5.41) is 7.89. The molecule has 0 unspecified atom stereocenters. The summed E-state index contributed by atoms with van der Waals surface area (Å²) in [6, 6.07) is 9.03. The van der Waals surface area contributed by atoms with Gasteiger partial charge in [0.2, 0.25) is 5.95 Å². The van der Waals surface area contributed by atoms with Gasteiger partial charge in [0.1, 0.15) is 17.1 Å². The molecule has 1 saturated heterocycles. The molecule has 0 radical (unpaired) electrons. The molecule has 12 heteroatoms. The molecule has 0 saturated carbocycles. The number of nitrogens with zero attached hydrogens (tertiary/aromatic N) is 5. The first-order chi connectivity index (χ1) is 16.9. The summed E-state index contributed by atoms with van der Waals surface area (Å²) >= 11 is 13.7. The maximum absolute atomic E-state index is 15.9. The maximum atomic E-state index is 15.9. The van der Waals surface area contributed by atoms with Crippen LogP contribution in [-0.4, -0.2) is 43.8 Å². The van der Waals surface area contributed by atoms with Gasteiger partial charge in [0.05, 0.1) is 45.9 Å². The number of fused-ring (bicyclic) bond motifs is 2. The number of amides is 1. The largest absolute Gasteiger partial charge is 0.376 e. The van der Waals surface area contributed by atoms with E-state index in [4.69, 9.17) is 27.9 Å². The first-order valence-electron chi connectivity index (χ1n) is 10.6. The lowest BCUT2D eigenvalue weighted by Gasteiger charge is -2.45. The van der Waals surface area contributed by atoms with E-state index in [2.05, 4.69) is 20.4 Å². The van der Waals surface area contributed by atoms with Crippen molar-refractivity contribution in [2.45, 2.75) is 12.1 Å². The Kier molecular flexibility index (Phi) is 5.29. The van der Waals surface area contributed by atoms with Crippen molar-refractivity contribution in [3.05, 3.63) is 74.6 Å². The Labute approximate surface area is 213 Å². The molecule has 1 fully saturated rings. The predicted molar refractivity (Wildman–Crippen MR) is 131 cm³/mol. The highest BCUT2D eigenvalue weighted by Crippen LogP contribution is 2.52. The van der Waals surface area contributed by atoms with Crippen LogP contribution in [0, 0.1) is 5.82 Å². The van der Waals surface area contributed by atoms with Crippen molar-refractivity contribution in [1.82, 2.24) is 24.6 Å². The molecule has 1 N–H and O–H groups in total. The minimum Gasteiger partial charge on any atom is -0.376 e. The number of aryl methyl sites for hydroxylation is 1. The monoisotopic (exact) mass is 530 g/mol. The van der Waals surface area contributed by atoms with E-state index in [1.54, 1.807) is 41.0 Å². The molecule has 2 aliphatic rings. The molecule has 3 aromatic heterocycles. The van der Waals surface area contributed by atoms with Gasteiger partial charge in [-0.3, -0.25) is 9.48 Å². The second-order valence-corrected chi connectivity index (χ2v) is 10.2. The van der Waals surface area contributed by atoms with E-state index in [0.29, 0.717) is 22.3 Å². The van der Waals surface area contributed by atoms with Gasteiger partial charge in [-0.05, 0) is 17.7 Å². The molecule has 178 valence electrons. The fraction of sp³-hybridized carbons (Fsp3) is 0.217. The molecule has 0 atom stereocenters. The van der Waals surface area contributed by atoms with Crippen LogP contribution >= 0.6 is 34.5 Å². The molecule has 2 aliphatic heterocycles. The number of benzene rings is 1. The van der Waals surface area contributed by atoms with E-state index in [-0.39, 0.29) is 46.2 Å². The number of ether oxygens (including phenoxy) is 1. The van der Waals surface area contributed by atoms with Crippen LogP contribution in [-0.2, 0) is 23.9 Å². The first kappa shape index (κ1) is 22.4. The Hall–Kier alpha value is -3.05. The average molecular weight is 531 g/mol. The molecule has 5 heterocycles. The van der Waals surface area contributed by atoms with Gasteiger partial charge < -0.3 is 15.0 Å². The lowest BCUT2D eigenvalue weighted by Crippen LogP contribution is -2.56. The zero-order valence-corrected chi connectivity index (χ0v) is 20.6. The van der Waals surface area contributed by atoms with Crippen LogP contribution in [0.1, 0.15) is 20.8 Å². The second-order valence-electron chi connectivity index (χ2n) is 8.35. The summed E-state index contributed by atoms with van der Waals surface area (Å²) in [6.07, 6.45) is 3.03. The quantitative estimate of drug-likeness (QED) is 0.390. The fourth-order valence-electron chi connectivity index (χ4n) is 4.36. The number of anilines is 2. The maximum Gasteiger partial charge on any atom is 0.259 e. The van der Waals surface area contributed by atoms with Crippen LogP contribution in [0.2, 0.25) is 10.0 Å². The van der Waals surface area contributed by atoms with E-state index < -0.39 is 11.4 Å². The van der Waals surface area contributed by atoms with Gasteiger partial charge in [0.25, 0.3) is 5.91 Å². The van der Waals surface area contributed by atoms with E-state index >= 15 is 4.39 Å². The fourth-order valence-corrected chi connectivity index (χ4v) is 6.15. The molecule has 6 rings (SSSR count). The minimum atomic E-state index is -0.728. The summed E-state index contributed by atoms with van der Waals surface area (Å²) in [5.74, 6) is -0.134. The van der Waals surface area contributed by atoms with E-state index in [0.717, 1.165) is 5.56 Å². The lowest BCUT2D eigenvalue weighted by atomic mass is 9.94. The Balaban J connectivity index is 1.38. The number of rotatable bonds is 5. The van der Waals surface area contributed by atoms with Gasteiger partial charge in [-0.1, -0.05) is 35.3 Å². The highest BCUT2D eigenvalue weighted by atomic mass is 35.5. The van der Waals surface area contributed by atoms with Crippen molar-refractivity contribution in [2.24, 2.45) is 7.05 Å². The number of thiophene rings is 1. The molecular weight excluding hydrogens is 514 g/mol. The van der Waals surface area contributed by atoms with Gasteiger partial charge in [0.15, 0.2) is 5.82 Å². The molecule has 35 heavy (non-hydrogen) atoms. The molecule has 1 spiro atoms. The van der Waals surface area contributed by atoms with E-state index in [9.17, 15) is 4.79 Å². The summed E-state index contributed by atoms with van der Waals surface area (Å²) in [4.78, 5) is 24.6. The predicted octanol–water partition coefficient (Wildman–Crippen LogP) is 5.01. The molecule has 1 aromatic carbocycles. The number of hydrogen-bond donors (Lipinski definition) is 1. The van der Waals surface area contributed by atoms with Gasteiger partial charge >= 0.3 is 0 Å². The van der Waals surface area contributed by atoms with Crippen LogP contribution in [0.15, 0.2) is 42.7 Å². The molecule has 0 aliphatic carbocycles. The van der Waals surface area contributed by atoms with E-state index in [1.165, 1.54) is 17.5 Å². The second kappa shape index (κ2) is 8.27. The lowest BCUT2D eigenvalue weighted by molar-refractivity contribution is -0.126. The number of halogens is 3. The third-order valence-corrected chi connectivity index (χ3v) is 8.06. The molecule has 4 aromatic rings.